The van der Waals surface area contributed by atoms with Crippen molar-refractivity contribution in [3.8, 4) is 0 Å². The predicted octanol–water partition coefficient (Wildman–Crippen LogP) is 4.16. The van der Waals surface area contributed by atoms with Crippen LogP contribution in [0.25, 0.3) is 0 Å². The molecule has 0 saturated heterocycles. The SMILES string of the molecule is CC1=CC2=C(CC1)C(c1ccccc1)NC(=O)N2C(C)C. The van der Waals surface area contributed by atoms with Crippen molar-refractivity contribution in [3.63, 3.8) is 0 Å². The molecule has 3 heteroatoms. The van der Waals surface area contributed by atoms with Gasteiger partial charge in [0.2, 0.25) is 0 Å². The number of allylic oxidation sites excluding steroid dienone is 2. The lowest BCUT2D eigenvalue weighted by atomic mass is 9.86. The van der Waals surface area contributed by atoms with Gasteiger partial charge in [0.1, 0.15) is 0 Å². The smallest absolute Gasteiger partial charge is 0.322 e. The van der Waals surface area contributed by atoms with Crippen molar-refractivity contribution in [1.29, 1.82) is 0 Å². The Kier molecular flexibility index (Phi) is 3.58. The summed E-state index contributed by atoms with van der Waals surface area (Å²) in [7, 11) is 0. The first-order chi connectivity index (χ1) is 10.1. The highest BCUT2D eigenvalue weighted by atomic mass is 16.2. The van der Waals surface area contributed by atoms with E-state index in [9.17, 15) is 4.79 Å². The molecule has 3 nitrogen and oxygen atoms in total. The molecule has 21 heavy (non-hydrogen) atoms. The van der Waals surface area contributed by atoms with E-state index in [0.717, 1.165) is 24.1 Å². The van der Waals surface area contributed by atoms with Gasteiger partial charge in [0.25, 0.3) is 0 Å². The Balaban J connectivity index is 2.10. The lowest BCUT2D eigenvalue weighted by molar-refractivity contribution is 0.191. The van der Waals surface area contributed by atoms with Crippen molar-refractivity contribution in [2.75, 3.05) is 0 Å². The summed E-state index contributed by atoms with van der Waals surface area (Å²) in [6.45, 7) is 6.27. The van der Waals surface area contributed by atoms with Crippen molar-refractivity contribution >= 4 is 6.03 Å². The number of rotatable bonds is 2. The summed E-state index contributed by atoms with van der Waals surface area (Å²) in [6, 6.07) is 10.4. The maximum Gasteiger partial charge on any atom is 0.322 e. The average molecular weight is 282 g/mol. The zero-order chi connectivity index (χ0) is 15.0. The van der Waals surface area contributed by atoms with Crippen LogP contribution in [0.1, 0.15) is 45.2 Å². The minimum atomic E-state index is 0.00329. The molecule has 1 aromatic rings. The van der Waals surface area contributed by atoms with Gasteiger partial charge in [-0.05, 0) is 50.8 Å². The predicted molar refractivity (Wildman–Crippen MR) is 84.7 cm³/mol. The van der Waals surface area contributed by atoms with Crippen LogP contribution in [0.5, 0.6) is 0 Å². The molecule has 1 heterocycles. The Bertz CT molecular complexity index is 613. The molecular formula is C18H22N2O. The van der Waals surface area contributed by atoms with Crippen LogP contribution in [0.2, 0.25) is 0 Å². The lowest BCUT2D eigenvalue weighted by Gasteiger charge is -2.40. The Hall–Kier alpha value is -2.03. The number of benzene rings is 1. The van der Waals surface area contributed by atoms with Crippen LogP contribution in [-0.2, 0) is 0 Å². The van der Waals surface area contributed by atoms with Crippen LogP contribution < -0.4 is 5.32 Å². The van der Waals surface area contributed by atoms with E-state index < -0.39 is 0 Å². The largest absolute Gasteiger partial charge is 0.327 e. The third kappa shape index (κ3) is 2.48. The fourth-order valence-corrected chi connectivity index (χ4v) is 3.21. The van der Waals surface area contributed by atoms with Gasteiger partial charge in [-0.15, -0.1) is 0 Å². The van der Waals surface area contributed by atoms with Gasteiger partial charge in [-0.1, -0.05) is 35.9 Å². The molecule has 1 aliphatic carbocycles. The van der Waals surface area contributed by atoms with Gasteiger partial charge in [-0.3, -0.25) is 4.90 Å². The van der Waals surface area contributed by atoms with Crippen LogP contribution >= 0.6 is 0 Å². The van der Waals surface area contributed by atoms with Crippen molar-refractivity contribution < 1.29 is 4.79 Å². The second-order valence-electron chi connectivity index (χ2n) is 6.16. The fraction of sp³-hybridized carbons (Fsp3) is 0.389. The summed E-state index contributed by atoms with van der Waals surface area (Å²) in [5, 5.41) is 3.18. The highest BCUT2D eigenvalue weighted by molar-refractivity contribution is 5.80. The number of nitrogens with zero attached hydrogens (tertiary/aromatic N) is 1. The average Bonchev–Trinajstić information content (AvgIpc) is 2.46. The second-order valence-corrected chi connectivity index (χ2v) is 6.16. The Labute approximate surface area is 126 Å². The highest BCUT2D eigenvalue weighted by Crippen LogP contribution is 2.38. The molecule has 1 unspecified atom stereocenters. The normalized spacial score (nSPS) is 22.1. The van der Waals surface area contributed by atoms with Crippen molar-refractivity contribution in [1.82, 2.24) is 10.2 Å². The molecule has 0 saturated carbocycles. The van der Waals surface area contributed by atoms with Crippen LogP contribution in [0.15, 0.2) is 53.3 Å². The molecule has 110 valence electrons. The van der Waals surface area contributed by atoms with Crippen molar-refractivity contribution in [3.05, 3.63) is 58.8 Å². The second kappa shape index (κ2) is 5.40. The molecule has 0 radical (unpaired) electrons. The first-order valence-corrected chi connectivity index (χ1v) is 7.63. The Morgan fingerprint density at radius 3 is 2.57 bits per heavy atom. The quantitative estimate of drug-likeness (QED) is 0.868. The topological polar surface area (TPSA) is 32.3 Å². The van der Waals surface area contributed by atoms with Crippen molar-refractivity contribution in [2.45, 2.75) is 45.7 Å². The van der Waals surface area contributed by atoms with Gasteiger partial charge in [-0.25, -0.2) is 4.79 Å². The molecule has 2 aliphatic rings. The van der Waals surface area contributed by atoms with E-state index in [2.05, 4.69) is 44.3 Å². The van der Waals surface area contributed by atoms with Crippen LogP contribution in [0.3, 0.4) is 0 Å². The molecule has 0 bridgehead atoms. The van der Waals surface area contributed by atoms with Crippen LogP contribution in [0, 0.1) is 0 Å². The highest BCUT2D eigenvalue weighted by Gasteiger charge is 2.35. The van der Waals surface area contributed by atoms with Crippen molar-refractivity contribution in [2.24, 2.45) is 0 Å². The number of nitrogens with one attached hydrogen (secondary N) is 1. The standard InChI is InChI=1S/C18H22N2O/c1-12(2)20-16-11-13(3)9-10-15(16)17(19-18(20)21)14-7-5-4-6-8-14/h4-8,11-12,17H,9-10H2,1-3H3,(H,19,21). The number of amides is 2. The maximum absolute atomic E-state index is 12.5. The third-order valence-electron chi connectivity index (χ3n) is 4.24. The summed E-state index contributed by atoms with van der Waals surface area (Å²) < 4.78 is 0. The summed E-state index contributed by atoms with van der Waals surface area (Å²) in [5.74, 6) is 0. The van der Waals surface area contributed by atoms with E-state index in [0.29, 0.717) is 0 Å². The first kappa shape index (κ1) is 13.9. The van der Waals surface area contributed by atoms with Gasteiger partial charge < -0.3 is 5.32 Å². The van der Waals surface area contributed by atoms with E-state index in [1.54, 1.807) is 0 Å². The van der Waals surface area contributed by atoms with Gasteiger partial charge >= 0.3 is 6.03 Å². The maximum atomic E-state index is 12.5. The molecule has 0 aromatic heterocycles. The molecular weight excluding hydrogens is 260 g/mol. The molecule has 3 rings (SSSR count). The number of hydrogen-bond acceptors (Lipinski definition) is 1. The Morgan fingerprint density at radius 1 is 1.19 bits per heavy atom. The van der Waals surface area contributed by atoms with E-state index in [4.69, 9.17) is 0 Å². The summed E-state index contributed by atoms with van der Waals surface area (Å²) in [5.41, 5.74) is 4.95. The molecule has 1 aromatic carbocycles. The number of urea groups is 1. The molecule has 0 fully saturated rings. The third-order valence-corrected chi connectivity index (χ3v) is 4.24. The van der Waals surface area contributed by atoms with E-state index >= 15 is 0 Å². The van der Waals surface area contributed by atoms with Gasteiger partial charge in [0.05, 0.1) is 6.04 Å². The van der Waals surface area contributed by atoms with Gasteiger partial charge in [0.15, 0.2) is 0 Å². The van der Waals surface area contributed by atoms with E-state index in [-0.39, 0.29) is 18.1 Å². The minimum Gasteiger partial charge on any atom is -0.327 e. The summed E-state index contributed by atoms with van der Waals surface area (Å²) in [4.78, 5) is 14.4. The first-order valence-electron chi connectivity index (χ1n) is 7.63. The fourth-order valence-electron chi connectivity index (χ4n) is 3.21. The van der Waals surface area contributed by atoms with E-state index in [1.807, 2.05) is 23.1 Å². The van der Waals surface area contributed by atoms with Crippen LogP contribution in [-0.4, -0.2) is 17.0 Å². The lowest BCUT2D eigenvalue weighted by Crippen LogP contribution is -2.49. The molecule has 0 spiro atoms. The van der Waals surface area contributed by atoms with Crippen LogP contribution in [0.4, 0.5) is 4.79 Å². The summed E-state index contributed by atoms with van der Waals surface area (Å²) >= 11 is 0. The monoisotopic (exact) mass is 282 g/mol. The van der Waals surface area contributed by atoms with Gasteiger partial charge in [-0.2, -0.15) is 0 Å². The zero-order valence-electron chi connectivity index (χ0n) is 12.9. The van der Waals surface area contributed by atoms with Gasteiger partial charge in [0, 0.05) is 11.7 Å². The molecule has 2 amide bonds. The number of carbonyl (C=O) groups is 1. The number of hydrogen-bond donors (Lipinski definition) is 1. The number of carbonyl (C=O) groups excluding carboxylic acids is 1. The molecule has 1 aliphatic heterocycles. The Morgan fingerprint density at radius 2 is 1.90 bits per heavy atom. The molecule has 1 atom stereocenters. The molecule has 1 N–H and O–H groups in total. The zero-order valence-corrected chi connectivity index (χ0v) is 12.9. The minimum absolute atomic E-state index is 0.00329. The van der Waals surface area contributed by atoms with E-state index in [1.165, 1.54) is 11.1 Å². The summed E-state index contributed by atoms with van der Waals surface area (Å²) in [6.07, 6.45) is 4.28.